The van der Waals surface area contributed by atoms with E-state index in [-0.39, 0.29) is 17.7 Å². The number of nitrogens with zero attached hydrogens (tertiary/aromatic N) is 1. The van der Waals surface area contributed by atoms with E-state index in [9.17, 15) is 9.59 Å². The Labute approximate surface area is 160 Å². The molecule has 1 aromatic heterocycles. The molecule has 1 aliphatic carbocycles. The molecule has 1 fully saturated rings. The molecule has 1 heterocycles. The van der Waals surface area contributed by atoms with Crippen molar-refractivity contribution in [3.05, 3.63) is 59.9 Å². The summed E-state index contributed by atoms with van der Waals surface area (Å²) < 4.78 is 0. The Morgan fingerprint density at radius 1 is 1.11 bits per heavy atom. The quantitative estimate of drug-likeness (QED) is 0.769. The molecule has 1 saturated carbocycles. The molecule has 142 valence electrons. The Hall–Kier alpha value is -2.69. The molecule has 2 N–H and O–H groups in total. The third-order valence-electron chi connectivity index (χ3n) is 5.04. The molecule has 27 heavy (non-hydrogen) atoms. The van der Waals surface area contributed by atoms with Crippen LogP contribution in [0.1, 0.15) is 67.4 Å². The van der Waals surface area contributed by atoms with E-state index in [4.69, 9.17) is 0 Å². The summed E-state index contributed by atoms with van der Waals surface area (Å²) in [6, 6.07) is 13.0. The van der Waals surface area contributed by atoms with Crippen molar-refractivity contribution in [1.82, 2.24) is 10.3 Å². The van der Waals surface area contributed by atoms with E-state index in [1.807, 2.05) is 18.2 Å². The Kier molecular flexibility index (Phi) is 6.58. The summed E-state index contributed by atoms with van der Waals surface area (Å²) in [5, 5.41) is 6.03. The SMILES string of the molecule is CCC[C@@H](C(=O)Nc1ccc(C(=O)NC2CCCC2)cc1)c1ccccn1. The fourth-order valence-corrected chi connectivity index (χ4v) is 3.56. The number of carbonyl (C=O) groups excluding carboxylic acids is 2. The maximum atomic E-state index is 12.7. The monoisotopic (exact) mass is 365 g/mol. The molecule has 2 aromatic rings. The second kappa shape index (κ2) is 9.31. The van der Waals surface area contributed by atoms with E-state index in [1.165, 1.54) is 12.8 Å². The number of nitrogens with one attached hydrogen (secondary N) is 2. The first kappa shape index (κ1) is 19.1. The minimum Gasteiger partial charge on any atom is -0.349 e. The van der Waals surface area contributed by atoms with Crippen LogP contribution >= 0.6 is 0 Å². The number of carbonyl (C=O) groups is 2. The molecule has 0 spiro atoms. The number of rotatable bonds is 7. The van der Waals surface area contributed by atoms with Crippen molar-refractivity contribution in [3.63, 3.8) is 0 Å². The maximum absolute atomic E-state index is 12.7. The van der Waals surface area contributed by atoms with Gasteiger partial charge in [0.15, 0.2) is 0 Å². The predicted octanol–water partition coefficient (Wildman–Crippen LogP) is 4.28. The number of benzene rings is 1. The number of hydrogen-bond acceptors (Lipinski definition) is 3. The molecule has 3 rings (SSSR count). The van der Waals surface area contributed by atoms with Crippen LogP contribution in [0.5, 0.6) is 0 Å². The largest absolute Gasteiger partial charge is 0.349 e. The summed E-state index contributed by atoms with van der Waals surface area (Å²) in [5.41, 5.74) is 2.09. The van der Waals surface area contributed by atoms with Crippen molar-refractivity contribution in [2.24, 2.45) is 0 Å². The highest BCUT2D eigenvalue weighted by atomic mass is 16.2. The van der Waals surface area contributed by atoms with Crippen LogP contribution in [-0.4, -0.2) is 22.8 Å². The average molecular weight is 365 g/mol. The summed E-state index contributed by atoms with van der Waals surface area (Å²) in [4.78, 5) is 29.4. The lowest BCUT2D eigenvalue weighted by Crippen LogP contribution is -2.32. The minimum atomic E-state index is -0.276. The molecule has 0 aliphatic heterocycles. The van der Waals surface area contributed by atoms with Gasteiger partial charge < -0.3 is 10.6 Å². The molecule has 5 nitrogen and oxygen atoms in total. The average Bonchev–Trinajstić information content (AvgIpc) is 3.20. The van der Waals surface area contributed by atoms with E-state index in [0.29, 0.717) is 17.3 Å². The highest BCUT2D eigenvalue weighted by Gasteiger charge is 2.21. The van der Waals surface area contributed by atoms with Gasteiger partial charge in [0.1, 0.15) is 0 Å². The maximum Gasteiger partial charge on any atom is 0.251 e. The Morgan fingerprint density at radius 2 is 1.85 bits per heavy atom. The van der Waals surface area contributed by atoms with Crippen LogP contribution < -0.4 is 10.6 Å². The third kappa shape index (κ3) is 5.16. The van der Waals surface area contributed by atoms with Crippen LogP contribution in [0.2, 0.25) is 0 Å². The standard InChI is InChI=1S/C22H27N3O2/c1-2-7-19(20-10-5-6-15-23-20)22(27)25-18-13-11-16(12-14-18)21(26)24-17-8-3-4-9-17/h5-6,10-15,17,19H,2-4,7-9H2,1H3,(H,24,26)(H,25,27)/t19-/m1/s1. The molecule has 0 unspecified atom stereocenters. The number of aromatic nitrogens is 1. The zero-order valence-electron chi connectivity index (χ0n) is 15.8. The first-order chi connectivity index (χ1) is 13.2. The van der Waals surface area contributed by atoms with Crippen LogP contribution in [0.15, 0.2) is 48.7 Å². The molecule has 1 atom stereocenters. The second-order valence-corrected chi connectivity index (χ2v) is 7.12. The summed E-state index contributed by atoms with van der Waals surface area (Å²) in [7, 11) is 0. The third-order valence-corrected chi connectivity index (χ3v) is 5.04. The van der Waals surface area contributed by atoms with E-state index in [2.05, 4.69) is 22.5 Å². The van der Waals surface area contributed by atoms with Gasteiger partial charge in [-0.15, -0.1) is 0 Å². The topological polar surface area (TPSA) is 71.1 Å². The van der Waals surface area contributed by atoms with E-state index in [1.54, 1.807) is 30.5 Å². The van der Waals surface area contributed by atoms with Gasteiger partial charge in [0.25, 0.3) is 5.91 Å². The van der Waals surface area contributed by atoms with Crippen molar-refractivity contribution in [1.29, 1.82) is 0 Å². The molecule has 1 aromatic carbocycles. The lowest BCUT2D eigenvalue weighted by Gasteiger charge is -2.16. The number of anilines is 1. The second-order valence-electron chi connectivity index (χ2n) is 7.12. The molecule has 2 amide bonds. The van der Waals surface area contributed by atoms with E-state index < -0.39 is 0 Å². The number of amides is 2. The fourth-order valence-electron chi connectivity index (χ4n) is 3.56. The van der Waals surface area contributed by atoms with Crippen molar-refractivity contribution in [2.45, 2.75) is 57.4 Å². The van der Waals surface area contributed by atoms with Gasteiger partial charge in [-0.1, -0.05) is 32.3 Å². The first-order valence-corrected chi connectivity index (χ1v) is 9.80. The predicted molar refractivity (Wildman–Crippen MR) is 107 cm³/mol. The zero-order chi connectivity index (χ0) is 19.1. The fraction of sp³-hybridized carbons (Fsp3) is 0.409. The molecular formula is C22H27N3O2. The number of hydrogen-bond donors (Lipinski definition) is 2. The molecule has 1 aliphatic rings. The zero-order valence-corrected chi connectivity index (χ0v) is 15.8. The molecule has 0 saturated heterocycles. The number of pyridine rings is 1. The van der Waals surface area contributed by atoms with Crippen LogP contribution in [-0.2, 0) is 4.79 Å². The van der Waals surface area contributed by atoms with Gasteiger partial charge in [0, 0.05) is 23.5 Å². The summed E-state index contributed by atoms with van der Waals surface area (Å²) in [6.07, 6.45) is 7.84. The van der Waals surface area contributed by atoms with Gasteiger partial charge in [-0.3, -0.25) is 14.6 Å². The van der Waals surface area contributed by atoms with Crippen LogP contribution in [0.4, 0.5) is 5.69 Å². The van der Waals surface area contributed by atoms with Gasteiger partial charge >= 0.3 is 0 Å². The summed E-state index contributed by atoms with van der Waals surface area (Å²) >= 11 is 0. The van der Waals surface area contributed by atoms with Crippen LogP contribution in [0.3, 0.4) is 0 Å². The van der Waals surface area contributed by atoms with Crippen molar-refractivity contribution in [2.75, 3.05) is 5.32 Å². The summed E-state index contributed by atoms with van der Waals surface area (Å²) in [5.74, 6) is -0.391. The van der Waals surface area contributed by atoms with E-state index in [0.717, 1.165) is 31.4 Å². The lowest BCUT2D eigenvalue weighted by molar-refractivity contribution is -0.117. The van der Waals surface area contributed by atoms with Gasteiger partial charge in [-0.25, -0.2) is 0 Å². The van der Waals surface area contributed by atoms with Gasteiger partial charge in [-0.2, -0.15) is 0 Å². The normalized spacial score (nSPS) is 15.3. The first-order valence-electron chi connectivity index (χ1n) is 9.80. The van der Waals surface area contributed by atoms with Gasteiger partial charge in [0.05, 0.1) is 11.6 Å². The van der Waals surface area contributed by atoms with Gasteiger partial charge in [0.2, 0.25) is 5.91 Å². The Balaban J connectivity index is 1.62. The highest BCUT2D eigenvalue weighted by molar-refractivity contribution is 5.97. The van der Waals surface area contributed by atoms with E-state index >= 15 is 0 Å². The van der Waals surface area contributed by atoms with Crippen LogP contribution in [0.25, 0.3) is 0 Å². The highest BCUT2D eigenvalue weighted by Crippen LogP contribution is 2.22. The van der Waals surface area contributed by atoms with Crippen molar-refractivity contribution in [3.8, 4) is 0 Å². The molecule has 5 heteroatoms. The van der Waals surface area contributed by atoms with Gasteiger partial charge in [-0.05, 0) is 55.7 Å². The summed E-state index contributed by atoms with van der Waals surface area (Å²) in [6.45, 7) is 2.06. The van der Waals surface area contributed by atoms with Crippen molar-refractivity contribution < 1.29 is 9.59 Å². The molecular weight excluding hydrogens is 338 g/mol. The molecule has 0 radical (unpaired) electrons. The van der Waals surface area contributed by atoms with Crippen LogP contribution in [0, 0.1) is 0 Å². The Bertz CT molecular complexity index is 753. The Morgan fingerprint density at radius 3 is 2.48 bits per heavy atom. The van der Waals surface area contributed by atoms with Crippen molar-refractivity contribution >= 4 is 17.5 Å². The minimum absolute atomic E-state index is 0.0443. The lowest BCUT2D eigenvalue weighted by atomic mass is 9.98. The molecule has 0 bridgehead atoms. The smallest absolute Gasteiger partial charge is 0.251 e.